The Morgan fingerprint density at radius 2 is 1.91 bits per heavy atom. The molecule has 1 aromatic heterocycles. The summed E-state index contributed by atoms with van der Waals surface area (Å²) in [7, 11) is 2.10. The summed E-state index contributed by atoms with van der Waals surface area (Å²) in [5, 5.41) is 0. The maximum Gasteiger partial charge on any atom is 0.132 e. The molecule has 1 aliphatic rings. The number of hydrogen-bond donors (Lipinski definition) is 0. The lowest BCUT2D eigenvalue weighted by Crippen LogP contribution is -2.62. The average molecular weight is 297 g/mol. The molecule has 0 N–H and O–H groups in total. The van der Waals surface area contributed by atoms with Crippen molar-refractivity contribution in [3.63, 3.8) is 0 Å². The molecule has 1 heterocycles. The summed E-state index contributed by atoms with van der Waals surface area (Å²) in [6.45, 7) is 6.45. The standard InChI is InChI=1S/C18H23N3O/c1-13-19-11-10-17(20-13)21(4)15-12-16(18(15,2)3)22-14-8-6-5-7-9-14/h5-11,15-16H,12H2,1-4H3/t15-,16-/m0/s1. The van der Waals surface area contributed by atoms with E-state index in [1.54, 1.807) is 0 Å². The number of benzene rings is 1. The van der Waals surface area contributed by atoms with Gasteiger partial charge in [0.2, 0.25) is 0 Å². The van der Waals surface area contributed by atoms with E-state index in [0.29, 0.717) is 6.04 Å². The van der Waals surface area contributed by atoms with E-state index in [-0.39, 0.29) is 11.5 Å². The van der Waals surface area contributed by atoms with Gasteiger partial charge in [-0.2, -0.15) is 0 Å². The van der Waals surface area contributed by atoms with Crippen LogP contribution in [0.25, 0.3) is 0 Å². The molecule has 0 unspecified atom stereocenters. The molecule has 1 aliphatic carbocycles. The summed E-state index contributed by atoms with van der Waals surface area (Å²) >= 11 is 0. The third-order valence-electron chi connectivity index (χ3n) is 4.74. The van der Waals surface area contributed by atoms with Gasteiger partial charge >= 0.3 is 0 Å². The van der Waals surface area contributed by atoms with Crippen LogP contribution >= 0.6 is 0 Å². The molecule has 4 heteroatoms. The summed E-state index contributed by atoms with van der Waals surface area (Å²) in [6, 6.07) is 12.4. The molecule has 4 nitrogen and oxygen atoms in total. The van der Waals surface area contributed by atoms with Gasteiger partial charge in [0.15, 0.2) is 0 Å². The minimum atomic E-state index is 0.0729. The second-order valence-corrected chi connectivity index (χ2v) is 6.57. The molecule has 3 rings (SSSR count). The van der Waals surface area contributed by atoms with E-state index >= 15 is 0 Å². The summed E-state index contributed by atoms with van der Waals surface area (Å²) in [4.78, 5) is 10.9. The second-order valence-electron chi connectivity index (χ2n) is 6.57. The molecule has 0 saturated heterocycles. The van der Waals surface area contributed by atoms with Crippen LogP contribution in [0, 0.1) is 12.3 Å². The molecule has 22 heavy (non-hydrogen) atoms. The molecule has 1 saturated carbocycles. The zero-order valence-corrected chi connectivity index (χ0v) is 13.7. The monoisotopic (exact) mass is 297 g/mol. The van der Waals surface area contributed by atoms with E-state index in [1.165, 1.54) is 0 Å². The number of hydrogen-bond acceptors (Lipinski definition) is 4. The van der Waals surface area contributed by atoms with Gasteiger partial charge in [0.05, 0.1) is 0 Å². The highest BCUT2D eigenvalue weighted by atomic mass is 16.5. The van der Waals surface area contributed by atoms with Crippen molar-refractivity contribution in [1.29, 1.82) is 0 Å². The molecule has 0 aliphatic heterocycles. The van der Waals surface area contributed by atoms with Crippen LogP contribution < -0.4 is 9.64 Å². The van der Waals surface area contributed by atoms with Crippen molar-refractivity contribution < 1.29 is 4.74 Å². The van der Waals surface area contributed by atoms with E-state index in [0.717, 1.165) is 23.8 Å². The minimum absolute atomic E-state index is 0.0729. The lowest BCUT2D eigenvalue weighted by molar-refractivity contribution is -0.0417. The highest BCUT2D eigenvalue weighted by molar-refractivity contribution is 5.40. The normalized spacial score (nSPS) is 22.7. The van der Waals surface area contributed by atoms with E-state index in [4.69, 9.17) is 4.74 Å². The highest BCUT2D eigenvalue weighted by Gasteiger charge is 2.52. The lowest BCUT2D eigenvalue weighted by Gasteiger charge is -2.55. The third kappa shape index (κ3) is 2.65. The zero-order valence-electron chi connectivity index (χ0n) is 13.7. The van der Waals surface area contributed by atoms with E-state index in [1.807, 2.05) is 49.5 Å². The molecule has 2 aromatic rings. The van der Waals surface area contributed by atoms with Crippen LogP contribution in [0.2, 0.25) is 0 Å². The van der Waals surface area contributed by atoms with E-state index in [2.05, 4.69) is 35.8 Å². The molecule has 0 amide bonds. The fourth-order valence-corrected chi connectivity index (χ4v) is 3.18. The van der Waals surface area contributed by atoms with Gasteiger partial charge in [-0.05, 0) is 25.1 Å². The van der Waals surface area contributed by atoms with Crippen LogP contribution in [-0.4, -0.2) is 29.2 Å². The maximum absolute atomic E-state index is 6.15. The third-order valence-corrected chi connectivity index (χ3v) is 4.74. The van der Waals surface area contributed by atoms with Gasteiger partial charge < -0.3 is 9.64 Å². The molecule has 0 bridgehead atoms. The first-order chi connectivity index (χ1) is 10.5. The highest BCUT2D eigenvalue weighted by Crippen LogP contribution is 2.46. The predicted molar refractivity (Wildman–Crippen MR) is 88.2 cm³/mol. The van der Waals surface area contributed by atoms with Crippen molar-refractivity contribution in [3.05, 3.63) is 48.4 Å². The molecular formula is C18H23N3O. The molecule has 0 spiro atoms. The lowest BCUT2D eigenvalue weighted by atomic mass is 9.64. The van der Waals surface area contributed by atoms with Crippen LogP contribution in [0.5, 0.6) is 5.75 Å². The summed E-state index contributed by atoms with van der Waals surface area (Å²) in [6.07, 6.45) is 3.05. The topological polar surface area (TPSA) is 38.2 Å². The Labute approximate surface area is 132 Å². The molecular weight excluding hydrogens is 274 g/mol. The fourth-order valence-electron chi connectivity index (χ4n) is 3.18. The first-order valence-electron chi connectivity index (χ1n) is 7.72. The molecule has 116 valence electrons. The average Bonchev–Trinajstić information content (AvgIpc) is 2.51. The van der Waals surface area contributed by atoms with E-state index < -0.39 is 0 Å². The van der Waals surface area contributed by atoms with Gasteiger partial charge in [0, 0.05) is 31.1 Å². The van der Waals surface area contributed by atoms with Crippen molar-refractivity contribution in [2.24, 2.45) is 5.41 Å². The SMILES string of the molecule is Cc1nccc(N(C)[C@H]2C[C@H](Oc3ccccc3)C2(C)C)n1. The van der Waals surface area contributed by atoms with Crippen molar-refractivity contribution in [2.45, 2.75) is 39.3 Å². The molecule has 1 aromatic carbocycles. The number of para-hydroxylation sites is 1. The van der Waals surface area contributed by atoms with Crippen molar-refractivity contribution in [3.8, 4) is 5.75 Å². The molecule has 2 atom stereocenters. The van der Waals surface area contributed by atoms with Crippen LogP contribution in [0.15, 0.2) is 42.6 Å². The van der Waals surface area contributed by atoms with Gasteiger partial charge in [0.1, 0.15) is 23.5 Å². The fraction of sp³-hybridized carbons (Fsp3) is 0.444. The van der Waals surface area contributed by atoms with Crippen molar-refractivity contribution in [2.75, 3.05) is 11.9 Å². The number of rotatable bonds is 4. The van der Waals surface area contributed by atoms with Crippen LogP contribution in [0.3, 0.4) is 0 Å². The van der Waals surface area contributed by atoms with Crippen LogP contribution in [0.1, 0.15) is 26.1 Å². The van der Waals surface area contributed by atoms with Crippen molar-refractivity contribution in [1.82, 2.24) is 9.97 Å². The first kappa shape index (κ1) is 14.8. The zero-order chi connectivity index (χ0) is 15.7. The summed E-state index contributed by atoms with van der Waals surface area (Å²) < 4.78 is 6.15. The number of ether oxygens (including phenoxy) is 1. The largest absolute Gasteiger partial charge is 0.490 e. The number of aryl methyl sites for hydroxylation is 1. The van der Waals surface area contributed by atoms with Gasteiger partial charge in [0.25, 0.3) is 0 Å². The van der Waals surface area contributed by atoms with Crippen LogP contribution in [0.4, 0.5) is 5.82 Å². The maximum atomic E-state index is 6.15. The molecule has 0 radical (unpaired) electrons. The van der Waals surface area contributed by atoms with Gasteiger partial charge in [-0.25, -0.2) is 9.97 Å². The quantitative estimate of drug-likeness (QED) is 0.866. The Morgan fingerprint density at radius 3 is 2.55 bits per heavy atom. The number of nitrogens with zero attached hydrogens (tertiary/aromatic N) is 3. The Morgan fingerprint density at radius 1 is 1.18 bits per heavy atom. The summed E-state index contributed by atoms with van der Waals surface area (Å²) in [5.41, 5.74) is 0.0729. The molecule has 1 fully saturated rings. The Kier molecular flexibility index (Phi) is 3.77. The van der Waals surface area contributed by atoms with Gasteiger partial charge in [-0.1, -0.05) is 32.0 Å². The summed E-state index contributed by atoms with van der Waals surface area (Å²) in [5.74, 6) is 2.72. The minimum Gasteiger partial charge on any atom is -0.490 e. The number of aromatic nitrogens is 2. The Balaban J connectivity index is 1.70. The number of anilines is 1. The second kappa shape index (κ2) is 5.59. The van der Waals surface area contributed by atoms with Gasteiger partial charge in [-0.3, -0.25) is 0 Å². The van der Waals surface area contributed by atoms with E-state index in [9.17, 15) is 0 Å². The van der Waals surface area contributed by atoms with Crippen LogP contribution in [-0.2, 0) is 0 Å². The van der Waals surface area contributed by atoms with Gasteiger partial charge in [-0.15, -0.1) is 0 Å². The smallest absolute Gasteiger partial charge is 0.132 e. The first-order valence-corrected chi connectivity index (χ1v) is 7.72. The van der Waals surface area contributed by atoms with Crippen molar-refractivity contribution >= 4 is 5.82 Å². The predicted octanol–water partition coefficient (Wildman–Crippen LogP) is 3.47. The Hall–Kier alpha value is -2.10. The Bertz CT molecular complexity index is 642.